The van der Waals surface area contributed by atoms with Crippen molar-refractivity contribution in [2.24, 2.45) is 0 Å². The molecule has 4 nitrogen and oxygen atoms in total. The largest absolute Gasteiger partial charge is 0.484 e. The predicted molar refractivity (Wildman–Crippen MR) is 79.8 cm³/mol. The van der Waals surface area contributed by atoms with E-state index in [-0.39, 0.29) is 24.7 Å². The number of amides is 1. The van der Waals surface area contributed by atoms with Gasteiger partial charge in [0.05, 0.1) is 6.10 Å². The first-order valence-electron chi connectivity index (χ1n) is 7.24. The minimum absolute atomic E-state index is 0.0340. The molecule has 4 heteroatoms. The number of carbonyl (C=O) groups is 1. The Morgan fingerprint density at radius 2 is 1.85 bits per heavy atom. The van der Waals surface area contributed by atoms with Crippen molar-refractivity contribution in [3.8, 4) is 5.75 Å². The summed E-state index contributed by atoms with van der Waals surface area (Å²) in [4.78, 5) is 11.7. The topological polar surface area (TPSA) is 58.6 Å². The van der Waals surface area contributed by atoms with Gasteiger partial charge in [0, 0.05) is 6.04 Å². The zero-order chi connectivity index (χ0) is 15.0. The molecule has 0 saturated heterocycles. The highest BCUT2D eigenvalue weighted by atomic mass is 16.5. The quantitative estimate of drug-likeness (QED) is 0.767. The maximum absolute atomic E-state index is 11.7. The van der Waals surface area contributed by atoms with Crippen molar-refractivity contribution in [3.63, 3.8) is 0 Å². The lowest BCUT2D eigenvalue weighted by Crippen LogP contribution is -2.37. The Morgan fingerprint density at radius 3 is 2.35 bits per heavy atom. The summed E-state index contributed by atoms with van der Waals surface area (Å²) in [6, 6.07) is 7.67. The first-order valence-corrected chi connectivity index (χ1v) is 7.24. The summed E-state index contributed by atoms with van der Waals surface area (Å²) in [5.41, 5.74) is 1.05. The molecule has 112 valence electrons. The zero-order valence-electron chi connectivity index (χ0n) is 12.6. The van der Waals surface area contributed by atoms with E-state index in [2.05, 4.69) is 19.2 Å². The SMILES string of the molecule is CCC(CC)NC(=O)COc1ccc(CC(C)O)cc1. The lowest BCUT2D eigenvalue weighted by molar-refractivity contribution is -0.123. The Kier molecular flexibility index (Phi) is 7.09. The highest BCUT2D eigenvalue weighted by molar-refractivity contribution is 5.77. The maximum Gasteiger partial charge on any atom is 0.258 e. The van der Waals surface area contributed by atoms with E-state index in [9.17, 15) is 9.90 Å². The van der Waals surface area contributed by atoms with Crippen molar-refractivity contribution in [2.45, 2.75) is 52.2 Å². The average molecular weight is 279 g/mol. The fourth-order valence-electron chi connectivity index (χ4n) is 1.97. The van der Waals surface area contributed by atoms with Gasteiger partial charge in [0.15, 0.2) is 6.61 Å². The molecule has 1 aromatic carbocycles. The molecule has 0 radical (unpaired) electrons. The number of nitrogens with one attached hydrogen (secondary N) is 1. The predicted octanol–water partition coefficient (Wildman–Crippen LogP) is 2.29. The molecule has 0 bridgehead atoms. The van der Waals surface area contributed by atoms with Crippen LogP contribution >= 0.6 is 0 Å². The number of aliphatic hydroxyl groups is 1. The molecule has 2 N–H and O–H groups in total. The molecule has 0 spiro atoms. The number of carbonyl (C=O) groups excluding carboxylic acids is 1. The van der Waals surface area contributed by atoms with Gasteiger partial charge in [-0.25, -0.2) is 0 Å². The van der Waals surface area contributed by atoms with Crippen molar-refractivity contribution in [1.29, 1.82) is 0 Å². The van der Waals surface area contributed by atoms with Crippen LogP contribution in [0.1, 0.15) is 39.2 Å². The Labute approximate surface area is 121 Å². The van der Waals surface area contributed by atoms with Crippen molar-refractivity contribution >= 4 is 5.91 Å². The van der Waals surface area contributed by atoms with Gasteiger partial charge in [0.25, 0.3) is 5.91 Å². The number of aliphatic hydroxyl groups excluding tert-OH is 1. The average Bonchev–Trinajstić information content (AvgIpc) is 2.43. The molecule has 1 atom stereocenters. The monoisotopic (exact) mass is 279 g/mol. The molecule has 0 aliphatic carbocycles. The van der Waals surface area contributed by atoms with Crippen molar-refractivity contribution in [1.82, 2.24) is 5.32 Å². The van der Waals surface area contributed by atoms with Crippen LogP contribution in [0.2, 0.25) is 0 Å². The molecule has 1 amide bonds. The second kappa shape index (κ2) is 8.59. The minimum atomic E-state index is -0.354. The number of rotatable bonds is 8. The van der Waals surface area contributed by atoms with Crippen LogP contribution in [-0.2, 0) is 11.2 Å². The molecule has 1 rings (SSSR count). The third kappa shape index (κ3) is 6.06. The van der Waals surface area contributed by atoms with Crippen LogP contribution in [0.25, 0.3) is 0 Å². The van der Waals surface area contributed by atoms with Gasteiger partial charge >= 0.3 is 0 Å². The fraction of sp³-hybridized carbons (Fsp3) is 0.562. The van der Waals surface area contributed by atoms with Crippen LogP contribution in [0.5, 0.6) is 5.75 Å². The van der Waals surface area contributed by atoms with Crippen LogP contribution in [-0.4, -0.2) is 29.8 Å². The number of hydrogen-bond acceptors (Lipinski definition) is 3. The Morgan fingerprint density at radius 1 is 1.25 bits per heavy atom. The van der Waals surface area contributed by atoms with E-state index in [4.69, 9.17) is 4.74 Å². The smallest absolute Gasteiger partial charge is 0.258 e. The summed E-state index contributed by atoms with van der Waals surface area (Å²) in [5.74, 6) is 0.575. The standard InChI is InChI=1S/C16H25NO3/c1-4-14(5-2)17-16(19)11-20-15-8-6-13(7-9-15)10-12(3)18/h6-9,12,14,18H,4-5,10-11H2,1-3H3,(H,17,19). The molecular formula is C16H25NO3. The van der Waals surface area contributed by atoms with E-state index in [0.29, 0.717) is 12.2 Å². The van der Waals surface area contributed by atoms with Gasteiger partial charge in [0.2, 0.25) is 0 Å². The molecule has 0 aliphatic rings. The van der Waals surface area contributed by atoms with Crippen LogP contribution in [0.15, 0.2) is 24.3 Å². The summed E-state index contributed by atoms with van der Waals surface area (Å²) in [6.07, 6.45) is 2.12. The van der Waals surface area contributed by atoms with Gasteiger partial charge in [0.1, 0.15) is 5.75 Å². The first-order chi connectivity index (χ1) is 9.55. The van der Waals surface area contributed by atoms with E-state index in [1.165, 1.54) is 0 Å². The van der Waals surface area contributed by atoms with Gasteiger partial charge in [-0.2, -0.15) is 0 Å². The van der Waals surface area contributed by atoms with E-state index in [0.717, 1.165) is 18.4 Å². The van der Waals surface area contributed by atoms with Crippen LogP contribution in [0.4, 0.5) is 0 Å². The molecule has 0 heterocycles. The Balaban J connectivity index is 2.39. The van der Waals surface area contributed by atoms with E-state index in [1.807, 2.05) is 24.3 Å². The first kappa shape index (κ1) is 16.5. The fourth-order valence-corrected chi connectivity index (χ4v) is 1.97. The van der Waals surface area contributed by atoms with Gasteiger partial charge < -0.3 is 15.2 Å². The summed E-state index contributed by atoms with van der Waals surface area (Å²) in [7, 11) is 0. The van der Waals surface area contributed by atoms with Crippen molar-refractivity contribution in [3.05, 3.63) is 29.8 Å². The molecule has 1 aromatic rings. The Bertz CT molecular complexity index is 397. The third-order valence-electron chi connectivity index (χ3n) is 3.18. The molecule has 0 aromatic heterocycles. The van der Waals surface area contributed by atoms with Gasteiger partial charge in [-0.15, -0.1) is 0 Å². The van der Waals surface area contributed by atoms with Crippen LogP contribution < -0.4 is 10.1 Å². The summed E-state index contributed by atoms with van der Waals surface area (Å²) in [5, 5.41) is 12.2. The summed E-state index contributed by atoms with van der Waals surface area (Å²) >= 11 is 0. The second-order valence-electron chi connectivity index (χ2n) is 5.07. The number of benzene rings is 1. The van der Waals surface area contributed by atoms with Crippen molar-refractivity contribution in [2.75, 3.05) is 6.61 Å². The highest BCUT2D eigenvalue weighted by Gasteiger charge is 2.08. The molecule has 1 unspecified atom stereocenters. The molecule has 0 saturated carbocycles. The summed E-state index contributed by atoms with van der Waals surface area (Å²) in [6.45, 7) is 5.89. The molecule has 0 fully saturated rings. The lowest BCUT2D eigenvalue weighted by atomic mass is 10.1. The maximum atomic E-state index is 11.7. The Hall–Kier alpha value is -1.55. The van der Waals surface area contributed by atoms with Crippen LogP contribution in [0.3, 0.4) is 0 Å². The number of ether oxygens (including phenoxy) is 1. The van der Waals surface area contributed by atoms with Crippen molar-refractivity contribution < 1.29 is 14.6 Å². The van der Waals surface area contributed by atoms with E-state index in [1.54, 1.807) is 6.92 Å². The third-order valence-corrected chi connectivity index (χ3v) is 3.18. The zero-order valence-corrected chi connectivity index (χ0v) is 12.6. The number of hydrogen-bond donors (Lipinski definition) is 2. The normalized spacial score (nSPS) is 12.2. The highest BCUT2D eigenvalue weighted by Crippen LogP contribution is 2.13. The second-order valence-corrected chi connectivity index (χ2v) is 5.07. The van der Waals surface area contributed by atoms with Gasteiger partial charge in [-0.1, -0.05) is 26.0 Å². The molecule has 0 aliphatic heterocycles. The van der Waals surface area contributed by atoms with Gasteiger partial charge in [-0.3, -0.25) is 4.79 Å². The molecule has 20 heavy (non-hydrogen) atoms. The van der Waals surface area contributed by atoms with Crippen LogP contribution in [0, 0.1) is 0 Å². The minimum Gasteiger partial charge on any atom is -0.484 e. The molecular weight excluding hydrogens is 254 g/mol. The van der Waals surface area contributed by atoms with E-state index < -0.39 is 0 Å². The summed E-state index contributed by atoms with van der Waals surface area (Å²) < 4.78 is 5.44. The lowest BCUT2D eigenvalue weighted by Gasteiger charge is -2.15. The van der Waals surface area contributed by atoms with E-state index >= 15 is 0 Å². The van der Waals surface area contributed by atoms with Gasteiger partial charge in [-0.05, 0) is 43.9 Å².